The molecular weight excluding hydrogens is 378 g/mol. The van der Waals surface area contributed by atoms with Crippen molar-refractivity contribution in [2.24, 2.45) is 0 Å². The maximum atomic E-state index is 13.2. The zero-order chi connectivity index (χ0) is 19.1. The van der Waals surface area contributed by atoms with Gasteiger partial charge in [-0.1, -0.05) is 41.4 Å². The van der Waals surface area contributed by atoms with Crippen molar-refractivity contribution in [3.05, 3.63) is 63.9 Å². The Balaban J connectivity index is 1.93. The molecule has 0 fully saturated rings. The molecule has 7 heteroatoms. The number of hydrogen-bond donors (Lipinski definition) is 1. The Kier molecular flexibility index (Phi) is 7.42. The molecule has 0 aliphatic carbocycles. The molecule has 0 atom stereocenters. The number of aryl methyl sites for hydroxylation is 1. The molecule has 0 aromatic heterocycles. The normalized spacial score (nSPS) is 10.5. The minimum absolute atomic E-state index is 0.111. The van der Waals surface area contributed by atoms with Crippen LogP contribution in [0.5, 0.6) is 0 Å². The second kappa shape index (κ2) is 9.55. The van der Waals surface area contributed by atoms with Crippen LogP contribution in [0.15, 0.2) is 42.5 Å². The number of carbonyl (C=O) groups is 2. The molecule has 2 aromatic rings. The average Bonchev–Trinajstić information content (AvgIpc) is 2.61. The highest BCUT2D eigenvalue weighted by atomic mass is 35.5. The largest absolute Gasteiger partial charge is 0.334 e. The number of para-hydroxylation sites is 1. The van der Waals surface area contributed by atoms with Crippen LogP contribution in [0.1, 0.15) is 18.9 Å². The summed E-state index contributed by atoms with van der Waals surface area (Å²) < 4.78 is 13.2. The summed E-state index contributed by atoms with van der Waals surface area (Å²) in [6, 6.07) is 11.0. The van der Waals surface area contributed by atoms with E-state index in [1.54, 1.807) is 37.3 Å². The summed E-state index contributed by atoms with van der Waals surface area (Å²) in [6.07, 6.45) is 0.600. The molecule has 0 radical (unpaired) electrons. The second-order valence-electron chi connectivity index (χ2n) is 5.68. The zero-order valence-electron chi connectivity index (χ0n) is 14.3. The highest BCUT2D eigenvalue weighted by molar-refractivity contribution is 6.39. The Morgan fingerprint density at radius 2 is 1.77 bits per heavy atom. The summed E-state index contributed by atoms with van der Waals surface area (Å²) in [7, 11) is 0. The van der Waals surface area contributed by atoms with Crippen LogP contribution in [0.25, 0.3) is 0 Å². The van der Waals surface area contributed by atoms with E-state index < -0.39 is 0 Å². The Bertz CT molecular complexity index is 779. The van der Waals surface area contributed by atoms with Crippen LogP contribution in [0.3, 0.4) is 0 Å². The molecule has 1 N–H and O–H groups in total. The first kappa shape index (κ1) is 20.2. The van der Waals surface area contributed by atoms with E-state index in [4.69, 9.17) is 23.2 Å². The van der Waals surface area contributed by atoms with E-state index >= 15 is 0 Å². The van der Waals surface area contributed by atoms with Gasteiger partial charge >= 0.3 is 0 Å². The van der Waals surface area contributed by atoms with Gasteiger partial charge < -0.3 is 10.2 Å². The van der Waals surface area contributed by atoms with Crippen molar-refractivity contribution in [2.75, 3.05) is 18.4 Å². The van der Waals surface area contributed by atoms with Gasteiger partial charge in [0.05, 0.1) is 22.3 Å². The number of carbonyl (C=O) groups excluding carboxylic acids is 2. The van der Waals surface area contributed by atoms with Crippen molar-refractivity contribution in [2.45, 2.75) is 19.8 Å². The summed E-state index contributed by atoms with van der Waals surface area (Å²) >= 11 is 12.1. The number of likely N-dealkylation sites (N-methyl/N-ethyl adjacent to an activating group) is 1. The van der Waals surface area contributed by atoms with Gasteiger partial charge in [-0.15, -0.1) is 0 Å². The average molecular weight is 397 g/mol. The number of amides is 2. The van der Waals surface area contributed by atoms with Crippen molar-refractivity contribution in [1.82, 2.24) is 4.90 Å². The molecule has 0 bridgehead atoms. The highest BCUT2D eigenvalue weighted by Gasteiger charge is 2.17. The number of benzene rings is 2. The molecule has 2 rings (SSSR count). The van der Waals surface area contributed by atoms with Crippen LogP contribution in [0, 0.1) is 5.82 Å². The lowest BCUT2D eigenvalue weighted by atomic mass is 10.1. The molecule has 0 saturated heterocycles. The van der Waals surface area contributed by atoms with Gasteiger partial charge in [-0.3, -0.25) is 9.59 Å². The van der Waals surface area contributed by atoms with Crippen molar-refractivity contribution in [1.29, 1.82) is 0 Å². The number of anilines is 1. The fourth-order valence-corrected chi connectivity index (χ4v) is 2.94. The summed E-state index contributed by atoms with van der Waals surface area (Å²) in [6.45, 7) is 2.06. The maximum Gasteiger partial charge on any atom is 0.244 e. The standard InChI is InChI=1S/C19H19Cl2FN2O2/c1-2-24(18(26)10-9-13-5-3-6-14(22)11-13)12-17(25)23-19-15(20)7-4-8-16(19)21/h3-8,11H,2,9-10,12H2,1H3,(H,23,25). The Labute approximate surface area is 161 Å². The number of nitrogens with one attached hydrogen (secondary N) is 1. The lowest BCUT2D eigenvalue weighted by Gasteiger charge is -2.21. The van der Waals surface area contributed by atoms with Crippen LogP contribution < -0.4 is 5.32 Å². The third-order valence-electron chi connectivity index (χ3n) is 3.81. The molecule has 0 aliphatic rings. The fourth-order valence-electron chi connectivity index (χ4n) is 2.45. The molecule has 2 aromatic carbocycles. The Hall–Kier alpha value is -2.11. The monoisotopic (exact) mass is 396 g/mol. The summed E-state index contributed by atoms with van der Waals surface area (Å²) in [4.78, 5) is 26.0. The predicted octanol–water partition coefficient (Wildman–Crippen LogP) is 4.55. The van der Waals surface area contributed by atoms with Crippen molar-refractivity contribution >= 4 is 40.7 Å². The molecule has 0 aliphatic heterocycles. The number of rotatable bonds is 7. The van der Waals surface area contributed by atoms with Crippen molar-refractivity contribution < 1.29 is 14.0 Å². The van der Waals surface area contributed by atoms with Gasteiger partial charge in [0.1, 0.15) is 5.82 Å². The lowest BCUT2D eigenvalue weighted by molar-refractivity contribution is -0.134. The van der Waals surface area contributed by atoms with E-state index in [9.17, 15) is 14.0 Å². The number of halogens is 3. The van der Waals surface area contributed by atoms with Gasteiger partial charge in [-0.2, -0.15) is 0 Å². The molecule has 4 nitrogen and oxygen atoms in total. The second-order valence-corrected chi connectivity index (χ2v) is 6.50. The third-order valence-corrected chi connectivity index (χ3v) is 4.44. The predicted molar refractivity (Wildman–Crippen MR) is 102 cm³/mol. The van der Waals surface area contributed by atoms with E-state index in [1.807, 2.05) is 0 Å². The van der Waals surface area contributed by atoms with Gasteiger partial charge in [-0.25, -0.2) is 4.39 Å². The Morgan fingerprint density at radius 1 is 1.12 bits per heavy atom. The van der Waals surface area contributed by atoms with Crippen molar-refractivity contribution in [3.63, 3.8) is 0 Å². The van der Waals surface area contributed by atoms with E-state index in [1.165, 1.54) is 17.0 Å². The first-order valence-corrected chi connectivity index (χ1v) is 8.92. The smallest absolute Gasteiger partial charge is 0.244 e. The third kappa shape index (κ3) is 5.71. The molecular formula is C19H19Cl2FN2O2. The minimum Gasteiger partial charge on any atom is -0.334 e. The quantitative estimate of drug-likeness (QED) is 0.745. The SMILES string of the molecule is CCN(CC(=O)Nc1c(Cl)cccc1Cl)C(=O)CCc1cccc(F)c1. The van der Waals surface area contributed by atoms with E-state index in [0.29, 0.717) is 28.7 Å². The summed E-state index contributed by atoms with van der Waals surface area (Å²) in [5.74, 6) is -0.906. The maximum absolute atomic E-state index is 13.2. The highest BCUT2D eigenvalue weighted by Crippen LogP contribution is 2.29. The summed E-state index contributed by atoms with van der Waals surface area (Å²) in [5.41, 5.74) is 1.06. The van der Waals surface area contributed by atoms with Gasteiger partial charge in [0.2, 0.25) is 11.8 Å². The molecule has 0 saturated carbocycles. The lowest BCUT2D eigenvalue weighted by Crippen LogP contribution is -2.38. The topological polar surface area (TPSA) is 49.4 Å². The van der Waals surface area contributed by atoms with E-state index in [-0.39, 0.29) is 30.6 Å². The van der Waals surface area contributed by atoms with Gasteiger partial charge in [0, 0.05) is 13.0 Å². The zero-order valence-corrected chi connectivity index (χ0v) is 15.8. The van der Waals surface area contributed by atoms with Crippen LogP contribution in [0.2, 0.25) is 10.0 Å². The van der Waals surface area contributed by atoms with Gasteiger partial charge in [0.25, 0.3) is 0 Å². The number of hydrogen-bond acceptors (Lipinski definition) is 2. The molecule has 0 unspecified atom stereocenters. The summed E-state index contributed by atoms with van der Waals surface area (Å²) in [5, 5.41) is 3.28. The molecule has 138 valence electrons. The van der Waals surface area contributed by atoms with E-state index in [2.05, 4.69) is 5.32 Å². The van der Waals surface area contributed by atoms with Crippen LogP contribution in [0.4, 0.5) is 10.1 Å². The van der Waals surface area contributed by atoms with Crippen LogP contribution >= 0.6 is 23.2 Å². The molecule has 2 amide bonds. The Morgan fingerprint density at radius 3 is 2.38 bits per heavy atom. The van der Waals surface area contributed by atoms with E-state index in [0.717, 1.165) is 5.56 Å². The van der Waals surface area contributed by atoms with Crippen molar-refractivity contribution in [3.8, 4) is 0 Å². The minimum atomic E-state index is -0.388. The molecule has 0 spiro atoms. The fraction of sp³-hybridized carbons (Fsp3) is 0.263. The van der Waals surface area contributed by atoms with Gasteiger partial charge in [-0.05, 0) is 43.2 Å². The first-order chi connectivity index (χ1) is 12.4. The molecule has 0 heterocycles. The van der Waals surface area contributed by atoms with Gasteiger partial charge in [0.15, 0.2) is 0 Å². The first-order valence-electron chi connectivity index (χ1n) is 8.16. The van der Waals surface area contributed by atoms with Crippen LogP contribution in [-0.4, -0.2) is 29.8 Å². The van der Waals surface area contributed by atoms with Crippen LogP contribution in [-0.2, 0) is 16.0 Å². The number of nitrogens with zero attached hydrogens (tertiary/aromatic N) is 1. The molecule has 26 heavy (non-hydrogen) atoms.